The first-order valence-corrected chi connectivity index (χ1v) is 7.89. The predicted octanol–water partition coefficient (Wildman–Crippen LogP) is 2.86. The second-order valence-corrected chi connectivity index (χ2v) is 6.16. The number of anilines is 1. The van der Waals surface area contributed by atoms with Gasteiger partial charge in [-0.05, 0) is 11.6 Å². The molecule has 2 aromatic rings. The fourth-order valence-corrected chi connectivity index (χ4v) is 3.58. The van der Waals surface area contributed by atoms with Crippen molar-refractivity contribution in [2.45, 2.75) is 17.9 Å². The maximum Gasteiger partial charge on any atom is 0.148 e. The van der Waals surface area contributed by atoms with E-state index in [2.05, 4.69) is 37.4 Å². The van der Waals surface area contributed by atoms with E-state index in [0.29, 0.717) is 6.42 Å². The fraction of sp³-hybridized carbons (Fsp3) is 0.231. The largest absolute Gasteiger partial charge is 0.308 e. The van der Waals surface area contributed by atoms with Crippen LogP contribution in [0.25, 0.3) is 0 Å². The van der Waals surface area contributed by atoms with Gasteiger partial charge in [0.1, 0.15) is 11.6 Å². The van der Waals surface area contributed by atoms with Crippen LogP contribution in [-0.4, -0.2) is 9.97 Å². The van der Waals surface area contributed by atoms with Gasteiger partial charge in [-0.3, -0.25) is 0 Å². The van der Waals surface area contributed by atoms with Gasteiger partial charge in [0.25, 0.3) is 0 Å². The van der Waals surface area contributed by atoms with Crippen LogP contribution in [0.3, 0.4) is 0 Å². The number of hydrazine groups is 1. The van der Waals surface area contributed by atoms with E-state index in [9.17, 15) is 0 Å². The highest BCUT2D eigenvalue weighted by Crippen LogP contribution is 2.32. The van der Waals surface area contributed by atoms with E-state index in [1.54, 1.807) is 0 Å². The molecule has 0 fully saturated rings. The van der Waals surface area contributed by atoms with Gasteiger partial charge in [0.2, 0.25) is 0 Å². The molecule has 1 aromatic carbocycles. The first-order valence-electron chi connectivity index (χ1n) is 5.94. The summed E-state index contributed by atoms with van der Waals surface area (Å²) >= 11 is 5.40. The first-order chi connectivity index (χ1) is 9.28. The van der Waals surface area contributed by atoms with Crippen LogP contribution >= 0.6 is 27.7 Å². The molecule has 1 aromatic heterocycles. The van der Waals surface area contributed by atoms with Crippen LogP contribution in [0.5, 0.6) is 0 Å². The topological polar surface area (TPSA) is 63.8 Å². The number of nitrogens with zero attached hydrogens (tertiary/aromatic N) is 2. The molecule has 0 amide bonds. The Balaban J connectivity index is 1.96. The molecular formula is C13H13BrN4S. The van der Waals surface area contributed by atoms with Crippen molar-refractivity contribution in [2.24, 2.45) is 5.84 Å². The average Bonchev–Trinajstić information content (AvgIpc) is 2.89. The normalized spacial score (nSPS) is 13.4. The molecule has 6 heteroatoms. The van der Waals surface area contributed by atoms with E-state index < -0.39 is 0 Å². The average molecular weight is 337 g/mol. The maximum atomic E-state index is 5.56. The molecular weight excluding hydrogens is 324 g/mol. The second-order valence-electron chi connectivity index (χ2n) is 4.32. The molecule has 0 spiro atoms. The molecule has 1 aliphatic rings. The summed E-state index contributed by atoms with van der Waals surface area (Å²) in [7, 11) is 0. The van der Waals surface area contributed by atoms with Crippen LogP contribution in [-0.2, 0) is 17.9 Å². The van der Waals surface area contributed by atoms with Gasteiger partial charge in [-0.15, -0.1) is 0 Å². The Bertz CT molecular complexity index is 618. The zero-order valence-corrected chi connectivity index (χ0v) is 12.6. The standard InChI is InChI=1S/C13H13BrN4S/c14-10-4-2-1-3-8(10)5-12-16-11-7-19-6-9(11)13(17-12)18-15/h1-4H,5-7,15H2,(H,16,17,18). The third-order valence-corrected chi connectivity index (χ3v) is 4.81. The lowest BCUT2D eigenvalue weighted by Gasteiger charge is -2.09. The van der Waals surface area contributed by atoms with Crippen molar-refractivity contribution >= 4 is 33.5 Å². The number of halogens is 1. The van der Waals surface area contributed by atoms with Crippen molar-refractivity contribution in [1.82, 2.24) is 9.97 Å². The first kappa shape index (κ1) is 12.9. The van der Waals surface area contributed by atoms with Gasteiger partial charge in [-0.2, -0.15) is 11.8 Å². The van der Waals surface area contributed by atoms with Crippen LogP contribution in [0, 0.1) is 0 Å². The SMILES string of the molecule is NNc1nc(Cc2ccccc2Br)nc2c1CSC2. The number of benzene rings is 1. The van der Waals surface area contributed by atoms with E-state index in [-0.39, 0.29) is 0 Å². The quantitative estimate of drug-likeness (QED) is 0.666. The number of hydrogen-bond acceptors (Lipinski definition) is 5. The number of rotatable bonds is 3. The zero-order chi connectivity index (χ0) is 13.2. The summed E-state index contributed by atoms with van der Waals surface area (Å²) in [6.45, 7) is 0. The fourth-order valence-electron chi connectivity index (χ4n) is 2.11. The minimum absolute atomic E-state index is 0.702. The smallest absolute Gasteiger partial charge is 0.148 e. The highest BCUT2D eigenvalue weighted by Gasteiger charge is 2.19. The van der Waals surface area contributed by atoms with E-state index >= 15 is 0 Å². The lowest BCUT2D eigenvalue weighted by Crippen LogP contribution is -2.14. The molecule has 19 heavy (non-hydrogen) atoms. The minimum atomic E-state index is 0.702. The van der Waals surface area contributed by atoms with Crippen LogP contribution in [0.4, 0.5) is 5.82 Å². The van der Waals surface area contributed by atoms with Crippen molar-refractivity contribution in [3.63, 3.8) is 0 Å². The number of aromatic nitrogens is 2. The van der Waals surface area contributed by atoms with E-state index in [1.807, 2.05) is 30.0 Å². The molecule has 0 atom stereocenters. The maximum absolute atomic E-state index is 5.56. The number of nitrogen functional groups attached to an aromatic ring is 1. The molecule has 0 aliphatic carbocycles. The molecule has 0 saturated heterocycles. The molecule has 1 aliphatic heterocycles. The Morgan fingerprint density at radius 1 is 1.26 bits per heavy atom. The molecule has 3 N–H and O–H groups in total. The van der Waals surface area contributed by atoms with Gasteiger partial charge in [-0.1, -0.05) is 34.1 Å². The highest BCUT2D eigenvalue weighted by molar-refractivity contribution is 9.10. The van der Waals surface area contributed by atoms with Gasteiger partial charge < -0.3 is 5.43 Å². The molecule has 0 unspecified atom stereocenters. The van der Waals surface area contributed by atoms with Gasteiger partial charge in [0.05, 0.1) is 5.69 Å². The Labute approximate surface area is 124 Å². The van der Waals surface area contributed by atoms with Crippen molar-refractivity contribution in [2.75, 3.05) is 5.43 Å². The summed E-state index contributed by atoms with van der Waals surface area (Å²) in [4.78, 5) is 9.17. The van der Waals surface area contributed by atoms with E-state index in [0.717, 1.165) is 38.9 Å². The Kier molecular flexibility index (Phi) is 3.72. The third kappa shape index (κ3) is 2.61. The Morgan fingerprint density at radius 2 is 2.11 bits per heavy atom. The van der Waals surface area contributed by atoms with Crippen molar-refractivity contribution in [3.8, 4) is 0 Å². The number of fused-ring (bicyclic) bond motifs is 1. The summed E-state index contributed by atoms with van der Waals surface area (Å²) in [5.41, 5.74) is 6.12. The number of hydrogen-bond donors (Lipinski definition) is 2. The third-order valence-electron chi connectivity index (χ3n) is 3.07. The Hall–Kier alpha value is -1.11. The van der Waals surface area contributed by atoms with E-state index in [4.69, 9.17) is 5.84 Å². The predicted molar refractivity (Wildman–Crippen MR) is 81.8 cm³/mol. The highest BCUT2D eigenvalue weighted by atomic mass is 79.9. The molecule has 4 nitrogen and oxygen atoms in total. The van der Waals surface area contributed by atoms with E-state index in [1.165, 1.54) is 5.56 Å². The van der Waals surface area contributed by atoms with Crippen molar-refractivity contribution in [1.29, 1.82) is 0 Å². The molecule has 0 bridgehead atoms. The lowest BCUT2D eigenvalue weighted by molar-refractivity contribution is 0.923. The van der Waals surface area contributed by atoms with Crippen LogP contribution in [0.2, 0.25) is 0 Å². The van der Waals surface area contributed by atoms with Gasteiger partial charge >= 0.3 is 0 Å². The number of nitrogens with two attached hydrogens (primary N) is 1. The Morgan fingerprint density at radius 3 is 2.89 bits per heavy atom. The van der Waals surface area contributed by atoms with Crippen molar-refractivity contribution < 1.29 is 0 Å². The van der Waals surface area contributed by atoms with Crippen molar-refractivity contribution in [3.05, 3.63) is 51.4 Å². The summed E-state index contributed by atoms with van der Waals surface area (Å²) in [6.07, 6.45) is 0.702. The minimum Gasteiger partial charge on any atom is -0.308 e. The van der Waals surface area contributed by atoms with Gasteiger partial charge in [0.15, 0.2) is 0 Å². The van der Waals surface area contributed by atoms with Crippen LogP contribution in [0.15, 0.2) is 28.7 Å². The molecule has 3 rings (SSSR count). The second kappa shape index (κ2) is 5.48. The molecule has 98 valence electrons. The number of thioether (sulfide) groups is 1. The van der Waals surface area contributed by atoms with Gasteiger partial charge in [0, 0.05) is 28.0 Å². The monoisotopic (exact) mass is 336 g/mol. The lowest BCUT2D eigenvalue weighted by atomic mass is 10.1. The van der Waals surface area contributed by atoms with Gasteiger partial charge in [-0.25, -0.2) is 15.8 Å². The number of nitrogens with one attached hydrogen (secondary N) is 1. The molecule has 0 saturated carbocycles. The summed E-state index contributed by atoms with van der Waals surface area (Å²) in [5.74, 6) is 9.00. The molecule has 2 heterocycles. The summed E-state index contributed by atoms with van der Waals surface area (Å²) < 4.78 is 1.08. The van der Waals surface area contributed by atoms with Crippen LogP contribution in [0.1, 0.15) is 22.6 Å². The van der Waals surface area contributed by atoms with Crippen LogP contribution < -0.4 is 11.3 Å². The summed E-state index contributed by atoms with van der Waals surface area (Å²) in [6, 6.07) is 8.12. The summed E-state index contributed by atoms with van der Waals surface area (Å²) in [5, 5.41) is 0. The zero-order valence-electron chi connectivity index (χ0n) is 10.2. The molecule has 0 radical (unpaired) electrons.